The van der Waals surface area contributed by atoms with E-state index >= 15 is 0 Å². The van der Waals surface area contributed by atoms with E-state index in [2.05, 4.69) is 22.4 Å². The molecule has 0 saturated heterocycles. The van der Waals surface area contributed by atoms with E-state index in [4.69, 9.17) is 0 Å². The second-order valence-corrected chi connectivity index (χ2v) is 7.71. The van der Waals surface area contributed by atoms with Crippen LogP contribution in [0.1, 0.15) is 47.2 Å². The lowest BCUT2D eigenvalue weighted by atomic mass is 9.92. The third-order valence-electron chi connectivity index (χ3n) is 5.70. The summed E-state index contributed by atoms with van der Waals surface area (Å²) in [5.74, 6) is -0.582. The van der Waals surface area contributed by atoms with E-state index in [-0.39, 0.29) is 0 Å². The first kappa shape index (κ1) is 19.3. The monoisotopic (exact) mass is 390 g/mol. The number of aromatic amines is 1. The van der Waals surface area contributed by atoms with Gasteiger partial charge in [0.05, 0.1) is 5.56 Å². The van der Waals surface area contributed by atoms with Crippen LogP contribution in [0, 0.1) is 0 Å². The molecule has 2 aromatic carbocycles. The Morgan fingerprint density at radius 2 is 2.03 bits per heavy atom. The number of benzene rings is 2. The molecule has 0 aliphatic carbocycles. The van der Waals surface area contributed by atoms with E-state index in [1.54, 1.807) is 18.2 Å². The molecular weight excluding hydrogens is 364 g/mol. The first-order valence-electron chi connectivity index (χ1n) is 10.2. The molecule has 2 heterocycles. The fraction of sp³-hybridized carbons (Fsp3) is 0.292. The summed E-state index contributed by atoms with van der Waals surface area (Å²) < 4.78 is 0. The molecule has 4 rings (SSSR count). The molecular formula is C24H26N2O3. The molecule has 3 aromatic rings. The highest BCUT2D eigenvalue weighted by atomic mass is 16.4. The summed E-state index contributed by atoms with van der Waals surface area (Å²) in [6.45, 7) is 0.857. The van der Waals surface area contributed by atoms with Crippen LogP contribution in [0.5, 0.6) is 5.75 Å². The Morgan fingerprint density at radius 3 is 2.86 bits per heavy atom. The van der Waals surface area contributed by atoms with Crippen molar-refractivity contribution in [1.82, 2.24) is 10.3 Å². The van der Waals surface area contributed by atoms with E-state index in [9.17, 15) is 15.0 Å². The van der Waals surface area contributed by atoms with Gasteiger partial charge >= 0.3 is 5.97 Å². The Hall–Kier alpha value is -3.05. The zero-order valence-corrected chi connectivity index (χ0v) is 16.3. The van der Waals surface area contributed by atoms with Crippen molar-refractivity contribution in [1.29, 1.82) is 0 Å². The van der Waals surface area contributed by atoms with Crippen molar-refractivity contribution in [3.8, 4) is 5.75 Å². The molecule has 1 atom stereocenters. The number of aromatic carboxylic acids is 1. The molecule has 5 nitrogen and oxygen atoms in total. The van der Waals surface area contributed by atoms with Crippen LogP contribution in [-0.2, 0) is 6.42 Å². The number of carbonyl (C=O) groups is 1. The van der Waals surface area contributed by atoms with Gasteiger partial charge in [-0.1, -0.05) is 24.6 Å². The standard InChI is InChI=1S/C24H26N2O3/c27-21-7-3-5-16(13-21)17-10-11-25-20(12-17)6-2-1-4-19-15-26-23-9-8-18(24(28)29)14-22(19)23/h3,5,7-10,13-15,20,25-27H,1-2,4,6,11-12H2,(H,28,29). The van der Waals surface area contributed by atoms with Crippen molar-refractivity contribution in [2.24, 2.45) is 0 Å². The van der Waals surface area contributed by atoms with Gasteiger partial charge in [-0.05, 0) is 72.7 Å². The summed E-state index contributed by atoms with van der Waals surface area (Å²) in [5, 5.41) is 23.5. The number of carboxylic acid groups (broad SMARTS) is 1. The zero-order valence-electron chi connectivity index (χ0n) is 16.3. The molecule has 29 heavy (non-hydrogen) atoms. The highest BCUT2D eigenvalue weighted by molar-refractivity contribution is 5.94. The van der Waals surface area contributed by atoms with Gasteiger partial charge in [-0.25, -0.2) is 4.79 Å². The highest BCUT2D eigenvalue weighted by Gasteiger charge is 2.16. The van der Waals surface area contributed by atoms with Gasteiger partial charge < -0.3 is 20.5 Å². The second-order valence-electron chi connectivity index (χ2n) is 7.71. The van der Waals surface area contributed by atoms with Crippen molar-refractivity contribution in [3.63, 3.8) is 0 Å². The molecule has 0 amide bonds. The fourth-order valence-electron chi connectivity index (χ4n) is 4.14. The number of aromatic hydroxyl groups is 1. The quantitative estimate of drug-likeness (QED) is 0.439. The van der Waals surface area contributed by atoms with Crippen LogP contribution >= 0.6 is 0 Å². The lowest BCUT2D eigenvalue weighted by Crippen LogP contribution is -2.32. The number of hydrogen-bond donors (Lipinski definition) is 4. The predicted octanol–water partition coefficient (Wildman–Crippen LogP) is 4.73. The molecule has 1 aliphatic heterocycles. The molecule has 1 aromatic heterocycles. The molecule has 0 fully saturated rings. The van der Waals surface area contributed by atoms with Crippen molar-refractivity contribution < 1.29 is 15.0 Å². The minimum Gasteiger partial charge on any atom is -0.508 e. The van der Waals surface area contributed by atoms with Gasteiger partial charge in [-0.3, -0.25) is 0 Å². The molecule has 0 bridgehead atoms. The summed E-state index contributed by atoms with van der Waals surface area (Å²) in [6.07, 6.45) is 9.38. The lowest BCUT2D eigenvalue weighted by molar-refractivity contribution is 0.0697. The average molecular weight is 390 g/mol. The van der Waals surface area contributed by atoms with Crippen LogP contribution in [0.3, 0.4) is 0 Å². The van der Waals surface area contributed by atoms with Crippen molar-refractivity contribution >= 4 is 22.4 Å². The highest BCUT2D eigenvalue weighted by Crippen LogP contribution is 2.27. The van der Waals surface area contributed by atoms with Gasteiger partial charge in [0.1, 0.15) is 5.75 Å². The summed E-state index contributed by atoms with van der Waals surface area (Å²) in [7, 11) is 0. The molecule has 0 saturated carbocycles. The number of hydrogen-bond acceptors (Lipinski definition) is 3. The Labute approximate surface area is 170 Å². The number of aryl methyl sites for hydroxylation is 1. The summed E-state index contributed by atoms with van der Waals surface area (Å²) >= 11 is 0. The van der Waals surface area contributed by atoms with Gasteiger partial charge in [-0.2, -0.15) is 0 Å². The normalized spacial score (nSPS) is 16.7. The second kappa shape index (κ2) is 8.53. The SMILES string of the molecule is O=C(O)c1ccc2[nH]cc(CCCCC3CC(c4cccc(O)c4)=CCN3)c2c1. The largest absolute Gasteiger partial charge is 0.508 e. The molecule has 150 valence electrons. The Morgan fingerprint density at radius 1 is 1.14 bits per heavy atom. The first-order chi connectivity index (χ1) is 14.1. The number of aromatic nitrogens is 1. The maximum Gasteiger partial charge on any atom is 0.335 e. The van der Waals surface area contributed by atoms with Gasteiger partial charge in [0.2, 0.25) is 0 Å². The van der Waals surface area contributed by atoms with Gasteiger partial charge in [0.25, 0.3) is 0 Å². The van der Waals surface area contributed by atoms with Crippen LogP contribution in [0.25, 0.3) is 16.5 Å². The van der Waals surface area contributed by atoms with Crippen molar-refractivity contribution in [2.45, 2.75) is 38.1 Å². The van der Waals surface area contributed by atoms with Crippen LogP contribution in [0.4, 0.5) is 0 Å². The Bertz CT molecular complexity index is 1050. The third-order valence-corrected chi connectivity index (χ3v) is 5.70. The minimum absolute atomic E-state index is 0.309. The zero-order chi connectivity index (χ0) is 20.2. The van der Waals surface area contributed by atoms with Crippen LogP contribution in [-0.4, -0.2) is 33.8 Å². The van der Waals surface area contributed by atoms with Gasteiger partial charge in [-0.15, -0.1) is 0 Å². The Balaban J connectivity index is 1.31. The Kier molecular flexibility index (Phi) is 5.67. The number of H-pyrrole nitrogens is 1. The number of nitrogens with one attached hydrogen (secondary N) is 2. The topological polar surface area (TPSA) is 85.3 Å². The molecule has 1 aliphatic rings. The molecule has 1 unspecified atom stereocenters. The smallest absolute Gasteiger partial charge is 0.335 e. The van der Waals surface area contributed by atoms with E-state index in [1.165, 1.54) is 11.1 Å². The predicted molar refractivity (Wildman–Crippen MR) is 115 cm³/mol. The number of rotatable bonds is 7. The van der Waals surface area contributed by atoms with E-state index in [1.807, 2.05) is 24.4 Å². The number of phenolic OH excluding ortho intramolecular Hbond substituents is 1. The van der Waals surface area contributed by atoms with Crippen LogP contribution in [0.15, 0.2) is 54.7 Å². The number of unbranched alkanes of at least 4 members (excludes halogenated alkanes) is 1. The summed E-state index contributed by atoms with van der Waals surface area (Å²) in [4.78, 5) is 14.5. The number of phenols is 1. The third kappa shape index (κ3) is 4.51. The maximum absolute atomic E-state index is 11.2. The molecule has 0 spiro atoms. The van der Waals surface area contributed by atoms with Crippen molar-refractivity contribution in [3.05, 3.63) is 71.4 Å². The van der Waals surface area contributed by atoms with Crippen molar-refractivity contribution in [2.75, 3.05) is 6.54 Å². The van der Waals surface area contributed by atoms with Gasteiger partial charge in [0.15, 0.2) is 0 Å². The molecule has 5 heteroatoms. The molecule has 4 N–H and O–H groups in total. The van der Waals surface area contributed by atoms with Crippen LogP contribution in [0.2, 0.25) is 0 Å². The lowest BCUT2D eigenvalue weighted by Gasteiger charge is -2.24. The van der Waals surface area contributed by atoms with Crippen LogP contribution < -0.4 is 5.32 Å². The molecule has 0 radical (unpaired) electrons. The minimum atomic E-state index is -0.891. The maximum atomic E-state index is 11.2. The van der Waals surface area contributed by atoms with E-state index in [0.29, 0.717) is 17.4 Å². The summed E-state index contributed by atoms with van der Waals surface area (Å²) in [6, 6.07) is 13.2. The summed E-state index contributed by atoms with van der Waals surface area (Å²) in [5.41, 5.74) is 4.89. The van der Waals surface area contributed by atoms with E-state index in [0.717, 1.165) is 55.1 Å². The number of carboxylic acids is 1. The average Bonchev–Trinajstić information content (AvgIpc) is 3.13. The first-order valence-corrected chi connectivity index (χ1v) is 10.2. The number of fused-ring (bicyclic) bond motifs is 1. The van der Waals surface area contributed by atoms with E-state index < -0.39 is 5.97 Å². The fourth-order valence-corrected chi connectivity index (χ4v) is 4.14. The van der Waals surface area contributed by atoms with Gasteiger partial charge in [0, 0.05) is 29.7 Å².